The van der Waals surface area contributed by atoms with E-state index in [1.54, 1.807) is 6.07 Å². The van der Waals surface area contributed by atoms with E-state index in [-0.39, 0.29) is 6.04 Å². The van der Waals surface area contributed by atoms with E-state index in [4.69, 9.17) is 34.8 Å². The van der Waals surface area contributed by atoms with E-state index in [2.05, 4.69) is 12.2 Å². The van der Waals surface area contributed by atoms with Crippen molar-refractivity contribution in [3.8, 4) is 0 Å². The lowest BCUT2D eigenvalue weighted by atomic mass is 10.0. The fourth-order valence-electron chi connectivity index (χ4n) is 1.91. The first-order chi connectivity index (χ1) is 9.10. The average Bonchev–Trinajstić information content (AvgIpc) is 2.39. The van der Waals surface area contributed by atoms with E-state index in [1.165, 1.54) is 5.56 Å². The van der Waals surface area contributed by atoms with Gasteiger partial charge in [0.25, 0.3) is 0 Å². The van der Waals surface area contributed by atoms with Crippen LogP contribution in [0.1, 0.15) is 24.9 Å². The molecule has 2 rings (SSSR count). The fraction of sp³-hybridized carbons (Fsp3) is 0.200. The van der Waals surface area contributed by atoms with Gasteiger partial charge in [-0.05, 0) is 42.3 Å². The zero-order valence-corrected chi connectivity index (χ0v) is 12.7. The number of anilines is 1. The van der Waals surface area contributed by atoms with E-state index < -0.39 is 0 Å². The lowest BCUT2D eigenvalue weighted by Gasteiger charge is -2.20. The number of hydrogen-bond acceptors (Lipinski definition) is 1. The van der Waals surface area contributed by atoms with Crippen molar-refractivity contribution in [1.29, 1.82) is 0 Å². The predicted octanol–water partition coefficient (Wildman–Crippen LogP) is 6.21. The summed E-state index contributed by atoms with van der Waals surface area (Å²) in [7, 11) is 0. The second-order valence-electron chi connectivity index (χ2n) is 4.28. The van der Waals surface area contributed by atoms with E-state index in [1.807, 2.05) is 36.4 Å². The number of halogens is 3. The monoisotopic (exact) mass is 313 g/mol. The summed E-state index contributed by atoms with van der Waals surface area (Å²) in [5, 5.41) is 5.42. The summed E-state index contributed by atoms with van der Waals surface area (Å²) >= 11 is 18.0. The molecule has 0 saturated carbocycles. The van der Waals surface area contributed by atoms with Crippen molar-refractivity contribution in [1.82, 2.24) is 0 Å². The molecule has 0 spiro atoms. The van der Waals surface area contributed by atoms with Crippen LogP contribution < -0.4 is 5.32 Å². The van der Waals surface area contributed by atoms with E-state index >= 15 is 0 Å². The van der Waals surface area contributed by atoms with Crippen LogP contribution in [0.25, 0.3) is 0 Å². The number of rotatable bonds is 4. The molecule has 1 atom stereocenters. The molecular formula is C15H14Cl3N. The fourth-order valence-corrected chi connectivity index (χ4v) is 2.50. The molecule has 1 unspecified atom stereocenters. The van der Waals surface area contributed by atoms with Crippen molar-refractivity contribution in [2.45, 2.75) is 19.4 Å². The van der Waals surface area contributed by atoms with Gasteiger partial charge in [0, 0.05) is 10.0 Å². The summed E-state index contributed by atoms with van der Waals surface area (Å²) in [4.78, 5) is 0. The molecule has 0 bridgehead atoms. The molecule has 0 amide bonds. The second-order valence-corrected chi connectivity index (χ2v) is 5.56. The van der Waals surface area contributed by atoms with Gasteiger partial charge in [0.2, 0.25) is 0 Å². The zero-order chi connectivity index (χ0) is 13.8. The van der Waals surface area contributed by atoms with Crippen LogP contribution in [0.5, 0.6) is 0 Å². The highest BCUT2D eigenvalue weighted by Gasteiger charge is 2.11. The Hall–Kier alpha value is -0.890. The molecule has 0 saturated heterocycles. The van der Waals surface area contributed by atoms with Crippen LogP contribution in [0.3, 0.4) is 0 Å². The maximum atomic E-state index is 6.18. The highest BCUT2D eigenvalue weighted by atomic mass is 35.5. The van der Waals surface area contributed by atoms with Crippen LogP contribution in [0, 0.1) is 0 Å². The quantitative estimate of drug-likeness (QED) is 0.707. The van der Waals surface area contributed by atoms with Crippen LogP contribution in [0.2, 0.25) is 15.1 Å². The van der Waals surface area contributed by atoms with Gasteiger partial charge in [0.05, 0.1) is 16.8 Å². The first-order valence-corrected chi connectivity index (χ1v) is 7.20. The number of benzene rings is 2. The van der Waals surface area contributed by atoms with Gasteiger partial charge in [-0.2, -0.15) is 0 Å². The molecule has 2 aromatic carbocycles. The van der Waals surface area contributed by atoms with Gasteiger partial charge in [-0.15, -0.1) is 0 Å². The van der Waals surface area contributed by atoms with Gasteiger partial charge in [0.15, 0.2) is 0 Å². The smallest absolute Gasteiger partial charge is 0.0652 e. The molecule has 19 heavy (non-hydrogen) atoms. The molecular weight excluding hydrogens is 301 g/mol. The summed E-state index contributed by atoms with van der Waals surface area (Å²) < 4.78 is 0. The Morgan fingerprint density at radius 2 is 1.58 bits per heavy atom. The van der Waals surface area contributed by atoms with Crippen molar-refractivity contribution in [3.05, 3.63) is 63.1 Å². The minimum Gasteiger partial charge on any atom is -0.377 e. The number of nitrogens with one attached hydrogen (secondary N) is 1. The molecule has 0 fully saturated rings. The van der Waals surface area contributed by atoms with Crippen LogP contribution in [0.4, 0.5) is 5.69 Å². The molecule has 1 nitrogen and oxygen atoms in total. The molecule has 0 aliphatic heterocycles. The third-order valence-corrected chi connectivity index (χ3v) is 3.74. The van der Waals surface area contributed by atoms with Gasteiger partial charge >= 0.3 is 0 Å². The minimum atomic E-state index is 0.191. The average molecular weight is 315 g/mol. The Morgan fingerprint density at radius 1 is 0.947 bits per heavy atom. The summed E-state index contributed by atoms with van der Waals surface area (Å²) in [6, 6.07) is 13.5. The third-order valence-electron chi connectivity index (χ3n) is 2.94. The Kier molecular flexibility index (Phi) is 4.98. The first-order valence-electron chi connectivity index (χ1n) is 6.07. The first kappa shape index (κ1) is 14.5. The summed E-state index contributed by atoms with van der Waals surface area (Å²) in [5.74, 6) is 0. The predicted molar refractivity (Wildman–Crippen MR) is 84.6 cm³/mol. The maximum Gasteiger partial charge on any atom is 0.0652 e. The van der Waals surface area contributed by atoms with E-state index in [0.29, 0.717) is 10.0 Å². The molecule has 1 N–H and O–H groups in total. The zero-order valence-electron chi connectivity index (χ0n) is 10.5. The largest absolute Gasteiger partial charge is 0.377 e. The van der Waals surface area contributed by atoms with E-state index in [0.717, 1.165) is 17.1 Å². The SMILES string of the molecule is CCC(Nc1ccc(Cl)cc1Cl)c1ccc(Cl)cc1. The molecule has 0 radical (unpaired) electrons. The van der Waals surface area contributed by atoms with Crippen molar-refractivity contribution in [2.24, 2.45) is 0 Å². The highest BCUT2D eigenvalue weighted by Crippen LogP contribution is 2.30. The second kappa shape index (κ2) is 6.51. The molecule has 2 aromatic rings. The molecule has 0 aliphatic carbocycles. The van der Waals surface area contributed by atoms with Gasteiger partial charge < -0.3 is 5.32 Å². The van der Waals surface area contributed by atoms with Gasteiger partial charge in [-0.25, -0.2) is 0 Å². The standard InChI is InChI=1S/C15H14Cl3N/c1-2-14(10-3-5-11(16)6-4-10)19-15-8-7-12(17)9-13(15)18/h3-9,14,19H,2H2,1H3. The van der Waals surface area contributed by atoms with Gasteiger partial charge in [-0.3, -0.25) is 0 Å². The molecule has 0 aromatic heterocycles. The maximum absolute atomic E-state index is 6.18. The summed E-state index contributed by atoms with van der Waals surface area (Å²) in [6.07, 6.45) is 0.945. The Labute approximate surface area is 128 Å². The molecule has 100 valence electrons. The minimum absolute atomic E-state index is 0.191. The van der Waals surface area contributed by atoms with Crippen molar-refractivity contribution in [2.75, 3.05) is 5.32 Å². The van der Waals surface area contributed by atoms with Crippen LogP contribution in [-0.4, -0.2) is 0 Å². The Morgan fingerprint density at radius 3 is 2.16 bits per heavy atom. The van der Waals surface area contributed by atoms with Gasteiger partial charge in [-0.1, -0.05) is 53.9 Å². The lowest BCUT2D eigenvalue weighted by molar-refractivity contribution is 0.749. The third kappa shape index (κ3) is 3.79. The Balaban J connectivity index is 2.21. The molecule has 4 heteroatoms. The van der Waals surface area contributed by atoms with Crippen LogP contribution >= 0.6 is 34.8 Å². The molecule has 0 heterocycles. The Bertz CT molecular complexity index is 552. The topological polar surface area (TPSA) is 12.0 Å². The van der Waals surface area contributed by atoms with Crippen molar-refractivity contribution in [3.63, 3.8) is 0 Å². The lowest BCUT2D eigenvalue weighted by Crippen LogP contribution is -2.09. The summed E-state index contributed by atoms with van der Waals surface area (Å²) in [5.41, 5.74) is 2.06. The molecule has 0 aliphatic rings. The van der Waals surface area contributed by atoms with Crippen LogP contribution in [-0.2, 0) is 0 Å². The van der Waals surface area contributed by atoms with Crippen LogP contribution in [0.15, 0.2) is 42.5 Å². The highest BCUT2D eigenvalue weighted by molar-refractivity contribution is 6.36. The normalized spacial score (nSPS) is 12.2. The number of hydrogen-bond donors (Lipinski definition) is 1. The van der Waals surface area contributed by atoms with Crippen molar-refractivity contribution >= 4 is 40.5 Å². The van der Waals surface area contributed by atoms with E-state index in [9.17, 15) is 0 Å². The van der Waals surface area contributed by atoms with Crippen molar-refractivity contribution < 1.29 is 0 Å². The summed E-state index contributed by atoms with van der Waals surface area (Å²) in [6.45, 7) is 2.12. The van der Waals surface area contributed by atoms with Gasteiger partial charge in [0.1, 0.15) is 0 Å².